The zero-order chi connectivity index (χ0) is 6.95. The third kappa shape index (κ3) is 7.56. The molecule has 0 aliphatic carbocycles. The lowest BCUT2D eigenvalue weighted by Crippen LogP contribution is -1.56. The Morgan fingerprint density at radius 2 is 2.33 bits per heavy atom. The second kappa shape index (κ2) is 7.56. The third-order valence-electron chi connectivity index (χ3n) is 0.571. The molecule has 0 atom stereocenters. The van der Waals surface area contributed by atoms with E-state index in [0.29, 0.717) is 0 Å². The van der Waals surface area contributed by atoms with Crippen LogP contribution in [0.3, 0.4) is 0 Å². The highest BCUT2D eigenvalue weighted by molar-refractivity contribution is 7.80. The van der Waals surface area contributed by atoms with Crippen molar-refractivity contribution in [2.75, 3.05) is 5.75 Å². The highest BCUT2D eigenvalue weighted by Gasteiger charge is 1.59. The van der Waals surface area contributed by atoms with Crippen LogP contribution >= 0.6 is 12.6 Å². The average Bonchev–Trinajstić information content (AvgIpc) is 2.43. The molecule has 0 bridgehead atoms. The van der Waals surface area contributed by atoms with Crippen LogP contribution in [0.5, 0.6) is 0 Å². The Morgan fingerprint density at radius 3 is 2.44 bits per heavy atom. The zero-order valence-electron chi connectivity index (χ0n) is 5.45. The van der Waals surface area contributed by atoms with Gasteiger partial charge < -0.3 is 4.42 Å². The van der Waals surface area contributed by atoms with E-state index in [9.17, 15) is 0 Å². The minimum atomic E-state index is 1.01. The maximum atomic E-state index is 4.47. The summed E-state index contributed by atoms with van der Waals surface area (Å²) in [4.78, 5) is 3.56. The van der Waals surface area contributed by atoms with Crippen LogP contribution in [-0.2, 0) is 0 Å². The second-order valence-electron chi connectivity index (χ2n) is 1.40. The van der Waals surface area contributed by atoms with Crippen molar-refractivity contribution in [2.45, 2.75) is 13.3 Å². The van der Waals surface area contributed by atoms with Gasteiger partial charge in [-0.05, 0) is 12.2 Å². The molecular weight excluding hydrogens is 134 g/mol. The molecule has 0 N–H and O–H groups in total. The van der Waals surface area contributed by atoms with Crippen LogP contribution in [-0.4, -0.2) is 10.7 Å². The SMILES string of the molecule is CCCS.c1cocn1. The van der Waals surface area contributed by atoms with Crippen LogP contribution in [0, 0.1) is 0 Å². The smallest absolute Gasteiger partial charge is 0.180 e. The summed E-state index contributed by atoms with van der Waals surface area (Å²) < 4.78 is 4.47. The Hall–Kier alpha value is -0.440. The van der Waals surface area contributed by atoms with Gasteiger partial charge in [-0.25, -0.2) is 4.98 Å². The molecule has 0 saturated heterocycles. The van der Waals surface area contributed by atoms with E-state index in [2.05, 4.69) is 29.0 Å². The van der Waals surface area contributed by atoms with E-state index in [1.165, 1.54) is 19.1 Å². The van der Waals surface area contributed by atoms with Gasteiger partial charge in [0.2, 0.25) is 0 Å². The van der Waals surface area contributed by atoms with E-state index >= 15 is 0 Å². The predicted octanol–water partition coefficient (Wildman–Crippen LogP) is 2.00. The van der Waals surface area contributed by atoms with Crippen molar-refractivity contribution in [3.8, 4) is 0 Å². The van der Waals surface area contributed by atoms with E-state index < -0.39 is 0 Å². The largest absolute Gasteiger partial charge is 0.452 e. The molecule has 0 radical (unpaired) electrons. The summed E-state index contributed by atoms with van der Waals surface area (Å²) in [5.74, 6) is 1.01. The molecule has 9 heavy (non-hydrogen) atoms. The van der Waals surface area contributed by atoms with Gasteiger partial charge in [0.15, 0.2) is 6.39 Å². The van der Waals surface area contributed by atoms with Crippen molar-refractivity contribution in [3.63, 3.8) is 0 Å². The summed E-state index contributed by atoms with van der Waals surface area (Å²) >= 11 is 3.92. The third-order valence-corrected chi connectivity index (χ3v) is 1.02. The number of rotatable bonds is 1. The second-order valence-corrected chi connectivity index (χ2v) is 1.85. The fourth-order valence-electron chi connectivity index (χ4n) is 0.176. The van der Waals surface area contributed by atoms with Crippen molar-refractivity contribution in [2.24, 2.45) is 0 Å². The van der Waals surface area contributed by atoms with Crippen molar-refractivity contribution >= 4 is 12.6 Å². The average molecular weight is 145 g/mol. The number of oxazole rings is 1. The van der Waals surface area contributed by atoms with Gasteiger partial charge in [0.25, 0.3) is 0 Å². The molecule has 2 nitrogen and oxygen atoms in total. The maximum Gasteiger partial charge on any atom is 0.180 e. The van der Waals surface area contributed by atoms with E-state index in [4.69, 9.17) is 0 Å². The molecule has 1 rings (SSSR count). The summed E-state index contributed by atoms with van der Waals surface area (Å²) in [6, 6.07) is 0. The van der Waals surface area contributed by atoms with Gasteiger partial charge in [0, 0.05) is 0 Å². The molecule has 0 spiro atoms. The Bertz CT molecular complexity index is 88.6. The van der Waals surface area contributed by atoms with Gasteiger partial charge in [-0.1, -0.05) is 6.92 Å². The lowest BCUT2D eigenvalue weighted by Gasteiger charge is -1.67. The molecule has 3 heteroatoms. The number of nitrogens with zero attached hydrogens (tertiary/aromatic N) is 1. The van der Waals surface area contributed by atoms with Gasteiger partial charge in [0.05, 0.1) is 6.20 Å². The van der Waals surface area contributed by atoms with Gasteiger partial charge in [-0.15, -0.1) is 0 Å². The number of thiol groups is 1. The van der Waals surface area contributed by atoms with Gasteiger partial charge in [-0.2, -0.15) is 12.6 Å². The summed E-state index contributed by atoms with van der Waals surface area (Å²) in [6.45, 7) is 2.10. The van der Waals surface area contributed by atoms with Crippen molar-refractivity contribution in [1.82, 2.24) is 4.98 Å². The maximum absolute atomic E-state index is 4.47. The van der Waals surface area contributed by atoms with Gasteiger partial charge >= 0.3 is 0 Å². The zero-order valence-corrected chi connectivity index (χ0v) is 6.34. The van der Waals surface area contributed by atoms with Crippen LogP contribution in [0.1, 0.15) is 13.3 Å². The first kappa shape index (κ1) is 8.56. The fraction of sp³-hybridized carbons (Fsp3) is 0.500. The summed E-state index contributed by atoms with van der Waals surface area (Å²) in [5.41, 5.74) is 0. The first-order valence-corrected chi connectivity index (χ1v) is 3.48. The monoisotopic (exact) mass is 145 g/mol. The Morgan fingerprint density at radius 1 is 1.67 bits per heavy atom. The molecule has 0 aliphatic rings. The first-order valence-electron chi connectivity index (χ1n) is 2.84. The molecule has 1 aromatic heterocycles. The molecule has 0 saturated carbocycles. The molecule has 0 fully saturated rings. The molecule has 0 aliphatic heterocycles. The van der Waals surface area contributed by atoms with Crippen LogP contribution in [0.4, 0.5) is 0 Å². The van der Waals surface area contributed by atoms with Crippen molar-refractivity contribution < 1.29 is 4.42 Å². The highest BCUT2D eigenvalue weighted by atomic mass is 32.1. The van der Waals surface area contributed by atoms with Gasteiger partial charge in [-0.3, -0.25) is 0 Å². The van der Waals surface area contributed by atoms with E-state index in [1.807, 2.05) is 0 Å². The minimum Gasteiger partial charge on any atom is -0.452 e. The van der Waals surface area contributed by atoms with E-state index in [-0.39, 0.29) is 0 Å². The Balaban J connectivity index is 0.000000148. The van der Waals surface area contributed by atoms with Crippen LogP contribution in [0.15, 0.2) is 23.3 Å². The number of aromatic nitrogens is 1. The Labute approximate surface area is 60.7 Å². The van der Waals surface area contributed by atoms with Crippen molar-refractivity contribution in [1.29, 1.82) is 0 Å². The lowest BCUT2D eigenvalue weighted by molar-refractivity contribution is 0.558. The first-order chi connectivity index (χ1) is 4.41. The topological polar surface area (TPSA) is 26.0 Å². The van der Waals surface area contributed by atoms with Crippen LogP contribution in [0.25, 0.3) is 0 Å². The van der Waals surface area contributed by atoms with Crippen LogP contribution in [0.2, 0.25) is 0 Å². The lowest BCUT2D eigenvalue weighted by atomic mass is 10.6. The van der Waals surface area contributed by atoms with Gasteiger partial charge in [0.1, 0.15) is 6.26 Å². The van der Waals surface area contributed by atoms with E-state index in [0.717, 1.165) is 5.75 Å². The standard InChI is InChI=1S/C3H3NO.C3H8S/c1-2-5-3-4-1;1-2-3-4/h1-3H;4H,2-3H2,1H3. The molecular formula is C6H11NOS. The number of hydrogen-bond donors (Lipinski definition) is 1. The molecule has 0 aromatic carbocycles. The normalized spacial score (nSPS) is 7.78. The molecule has 0 unspecified atom stereocenters. The molecule has 0 amide bonds. The van der Waals surface area contributed by atoms with E-state index in [1.54, 1.807) is 6.20 Å². The molecule has 52 valence electrons. The highest BCUT2D eigenvalue weighted by Crippen LogP contribution is 1.74. The summed E-state index contributed by atoms with van der Waals surface area (Å²) in [6.07, 6.45) is 5.66. The van der Waals surface area contributed by atoms with Crippen LogP contribution < -0.4 is 0 Å². The number of hydrogen-bond acceptors (Lipinski definition) is 3. The Kier molecular flexibility index (Phi) is 7.19. The molecule has 1 heterocycles. The molecule has 1 aromatic rings. The quantitative estimate of drug-likeness (QED) is 0.612. The summed E-state index contributed by atoms with van der Waals surface area (Å²) in [5, 5.41) is 0. The minimum absolute atomic E-state index is 1.01. The fourth-order valence-corrected chi connectivity index (χ4v) is 0.176. The predicted molar refractivity (Wildman–Crippen MR) is 40.6 cm³/mol. The summed E-state index contributed by atoms with van der Waals surface area (Å²) in [7, 11) is 0. The van der Waals surface area contributed by atoms with Crippen molar-refractivity contribution in [3.05, 3.63) is 18.9 Å².